The van der Waals surface area contributed by atoms with Gasteiger partial charge in [0, 0.05) is 13.0 Å². The van der Waals surface area contributed by atoms with E-state index in [1.54, 1.807) is 0 Å². The molecule has 1 unspecified atom stereocenters. The lowest BCUT2D eigenvalue weighted by atomic mass is 10.2. The van der Waals surface area contributed by atoms with Crippen LogP contribution >= 0.6 is 0 Å². The number of aliphatic hydroxyl groups is 1. The van der Waals surface area contributed by atoms with Gasteiger partial charge in [0.25, 0.3) is 0 Å². The van der Waals surface area contributed by atoms with Crippen LogP contribution in [-0.4, -0.2) is 37.4 Å². The van der Waals surface area contributed by atoms with E-state index < -0.39 is 6.10 Å². The molecule has 0 aliphatic carbocycles. The Bertz CT molecular complexity index is 159. The Labute approximate surface area is 85.6 Å². The number of aliphatic hydroxyl groups excluding tert-OH is 1. The molecule has 0 aromatic heterocycles. The van der Waals surface area contributed by atoms with Gasteiger partial charge in [0.2, 0.25) is 0 Å². The van der Waals surface area contributed by atoms with Crippen LogP contribution in [0.25, 0.3) is 0 Å². The molecule has 0 saturated heterocycles. The van der Waals surface area contributed by atoms with Gasteiger partial charge in [-0.2, -0.15) is 0 Å². The van der Waals surface area contributed by atoms with Crippen LogP contribution in [0.1, 0.15) is 26.7 Å². The fraction of sp³-hybridized carbons (Fsp3) is 0.900. The molecule has 0 aliphatic rings. The molecular weight excluding hydrogens is 182 g/mol. The maximum absolute atomic E-state index is 10.7. The first kappa shape index (κ1) is 13.4. The minimum atomic E-state index is -0.465. The van der Waals surface area contributed by atoms with Crippen LogP contribution < -0.4 is 5.32 Å². The van der Waals surface area contributed by atoms with E-state index in [-0.39, 0.29) is 12.4 Å². The van der Waals surface area contributed by atoms with Crippen molar-refractivity contribution < 1.29 is 14.6 Å². The van der Waals surface area contributed by atoms with Gasteiger partial charge in [0.05, 0.1) is 13.2 Å². The summed E-state index contributed by atoms with van der Waals surface area (Å²) in [6, 6.07) is 0. The third-order valence-electron chi connectivity index (χ3n) is 1.84. The predicted molar refractivity (Wildman–Crippen MR) is 55.0 cm³/mol. The average molecular weight is 203 g/mol. The van der Waals surface area contributed by atoms with Crippen molar-refractivity contribution in [1.82, 2.24) is 5.32 Å². The summed E-state index contributed by atoms with van der Waals surface area (Å²) in [7, 11) is 1.35. The molecule has 0 fully saturated rings. The molecule has 84 valence electrons. The number of ether oxygens (including phenoxy) is 1. The fourth-order valence-electron chi connectivity index (χ4n) is 1.03. The van der Waals surface area contributed by atoms with Gasteiger partial charge in [-0.1, -0.05) is 13.8 Å². The summed E-state index contributed by atoms with van der Waals surface area (Å²) in [5.74, 6) is 0.302. The van der Waals surface area contributed by atoms with Crippen molar-refractivity contribution in [1.29, 1.82) is 0 Å². The number of carbonyl (C=O) groups excluding carboxylic acids is 1. The molecule has 0 heterocycles. The second kappa shape index (κ2) is 7.76. The monoisotopic (exact) mass is 203 g/mol. The highest BCUT2D eigenvalue weighted by atomic mass is 16.5. The standard InChI is InChI=1S/C10H21NO3/c1-8(2)6-11-7-9(12)4-5-10(13)14-3/h8-9,11-12H,4-7H2,1-3H3. The van der Waals surface area contributed by atoms with Gasteiger partial charge in [-0.25, -0.2) is 0 Å². The summed E-state index contributed by atoms with van der Waals surface area (Å²) in [6.07, 6.45) is 0.270. The quantitative estimate of drug-likeness (QED) is 0.593. The molecule has 0 aliphatic heterocycles. The molecule has 0 spiro atoms. The zero-order chi connectivity index (χ0) is 11.0. The fourth-order valence-corrected chi connectivity index (χ4v) is 1.03. The Morgan fingerprint density at radius 2 is 2.07 bits per heavy atom. The second-order valence-corrected chi connectivity index (χ2v) is 3.82. The van der Waals surface area contributed by atoms with Crippen molar-refractivity contribution >= 4 is 5.97 Å². The summed E-state index contributed by atoms with van der Waals surface area (Å²) >= 11 is 0. The number of hydrogen-bond donors (Lipinski definition) is 2. The van der Waals surface area contributed by atoms with E-state index in [1.165, 1.54) is 7.11 Å². The van der Waals surface area contributed by atoms with Crippen molar-refractivity contribution in [2.75, 3.05) is 20.2 Å². The van der Waals surface area contributed by atoms with Gasteiger partial charge in [0.15, 0.2) is 0 Å². The van der Waals surface area contributed by atoms with Gasteiger partial charge in [-0.3, -0.25) is 4.79 Å². The average Bonchev–Trinajstić information content (AvgIpc) is 2.13. The molecule has 1 atom stereocenters. The van der Waals surface area contributed by atoms with Gasteiger partial charge in [-0.05, 0) is 18.9 Å². The molecule has 4 heteroatoms. The zero-order valence-corrected chi connectivity index (χ0v) is 9.25. The van der Waals surface area contributed by atoms with Gasteiger partial charge >= 0.3 is 5.97 Å². The summed E-state index contributed by atoms with van der Waals surface area (Å²) in [4.78, 5) is 10.7. The largest absolute Gasteiger partial charge is 0.469 e. The van der Waals surface area contributed by atoms with Crippen LogP contribution in [0.3, 0.4) is 0 Å². The lowest BCUT2D eigenvalue weighted by molar-refractivity contribution is -0.141. The van der Waals surface area contributed by atoms with E-state index in [1.807, 2.05) is 0 Å². The van der Waals surface area contributed by atoms with Gasteiger partial charge in [0.1, 0.15) is 0 Å². The lowest BCUT2D eigenvalue weighted by Crippen LogP contribution is -2.30. The molecular formula is C10H21NO3. The molecule has 0 radical (unpaired) electrons. The maximum Gasteiger partial charge on any atom is 0.305 e. The number of methoxy groups -OCH3 is 1. The molecule has 4 nitrogen and oxygen atoms in total. The lowest BCUT2D eigenvalue weighted by Gasteiger charge is -2.12. The SMILES string of the molecule is COC(=O)CCC(O)CNCC(C)C. The number of carbonyl (C=O) groups is 1. The summed E-state index contributed by atoms with van der Waals surface area (Å²) in [5.41, 5.74) is 0. The van der Waals surface area contributed by atoms with Crippen LogP contribution in [0.15, 0.2) is 0 Å². The van der Waals surface area contributed by atoms with Crippen molar-refractivity contribution in [3.63, 3.8) is 0 Å². The summed E-state index contributed by atoms with van der Waals surface area (Å²) in [5, 5.41) is 12.6. The Morgan fingerprint density at radius 1 is 1.43 bits per heavy atom. The van der Waals surface area contributed by atoms with Crippen LogP contribution in [0, 0.1) is 5.92 Å². The summed E-state index contributed by atoms with van der Waals surface area (Å²) < 4.78 is 4.47. The Hall–Kier alpha value is -0.610. The minimum Gasteiger partial charge on any atom is -0.469 e. The highest BCUT2D eigenvalue weighted by Gasteiger charge is 2.07. The third kappa shape index (κ3) is 8.01. The second-order valence-electron chi connectivity index (χ2n) is 3.82. The van der Waals surface area contributed by atoms with E-state index in [0.29, 0.717) is 18.9 Å². The summed E-state index contributed by atoms with van der Waals surface area (Å²) in [6.45, 7) is 5.63. The molecule has 0 aromatic rings. The first-order valence-electron chi connectivity index (χ1n) is 5.01. The normalized spacial score (nSPS) is 12.9. The van der Waals surface area contributed by atoms with Crippen molar-refractivity contribution in [3.8, 4) is 0 Å². The Balaban J connectivity index is 3.36. The van der Waals surface area contributed by atoms with E-state index in [2.05, 4.69) is 23.9 Å². The number of rotatable bonds is 7. The van der Waals surface area contributed by atoms with Gasteiger partial charge in [-0.15, -0.1) is 0 Å². The molecule has 0 rings (SSSR count). The maximum atomic E-state index is 10.7. The van der Waals surface area contributed by atoms with Crippen LogP contribution in [0.5, 0.6) is 0 Å². The highest BCUT2D eigenvalue weighted by molar-refractivity contribution is 5.69. The van der Waals surface area contributed by atoms with E-state index in [0.717, 1.165) is 6.54 Å². The number of nitrogens with one attached hydrogen (secondary N) is 1. The number of hydrogen-bond acceptors (Lipinski definition) is 4. The molecule has 14 heavy (non-hydrogen) atoms. The van der Waals surface area contributed by atoms with E-state index in [4.69, 9.17) is 0 Å². The van der Waals surface area contributed by atoms with E-state index >= 15 is 0 Å². The smallest absolute Gasteiger partial charge is 0.305 e. The highest BCUT2D eigenvalue weighted by Crippen LogP contribution is 1.98. The number of esters is 1. The molecule has 0 amide bonds. The van der Waals surface area contributed by atoms with Crippen molar-refractivity contribution in [3.05, 3.63) is 0 Å². The van der Waals surface area contributed by atoms with Crippen LogP contribution in [-0.2, 0) is 9.53 Å². The topological polar surface area (TPSA) is 58.6 Å². The first-order chi connectivity index (χ1) is 6.56. The van der Waals surface area contributed by atoms with E-state index in [9.17, 15) is 9.90 Å². The Morgan fingerprint density at radius 3 is 2.57 bits per heavy atom. The molecule has 2 N–H and O–H groups in total. The first-order valence-corrected chi connectivity index (χ1v) is 5.01. The minimum absolute atomic E-state index is 0.270. The Kier molecular flexibility index (Phi) is 7.42. The molecule has 0 aromatic carbocycles. The van der Waals surface area contributed by atoms with Gasteiger partial charge < -0.3 is 15.2 Å². The van der Waals surface area contributed by atoms with Crippen molar-refractivity contribution in [2.24, 2.45) is 5.92 Å². The van der Waals surface area contributed by atoms with Crippen molar-refractivity contribution in [2.45, 2.75) is 32.8 Å². The molecule has 0 bridgehead atoms. The predicted octanol–water partition coefficient (Wildman–Crippen LogP) is 0.546. The molecule has 0 saturated carbocycles. The third-order valence-corrected chi connectivity index (χ3v) is 1.84. The van der Waals surface area contributed by atoms with Crippen LogP contribution in [0.4, 0.5) is 0 Å². The van der Waals surface area contributed by atoms with Crippen LogP contribution in [0.2, 0.25) is 0 Å². The zero-order valence-electron chi connectivity index (χ0n) is 9.25.